The van der Waals surface area contributed by atoms with Crippen molar-refractivity contribution in [2.24, 2.45) is 28.8 Å². The zero-order valence-corrected chi connectivity index (χ0v) is 48.8. The van der Waals surface area contributed by atoms with Gasteiger partial charge in [0.2, 0.25) is 5.43 Å². The SMILES string of the molecule is CC[C@H]1OC(=O)[C@H](C)[C@@H](O[C@H]2C[C@@](C)(OC)[C@@H](OC(=O)NCCOCCSc3ccc4c(c3)c(=O)c(C(=O)O)cn4N(C)C)[C@H](C)O2)[C@H](C)[C@@H](O[C@@H]2O[C@H](C)C[C@H](N(C)C)[C@H]2O)[C@](C)(O)C[C@@H](C)C(N=O)[C@H](C)[C@@H](O)[C@]1(C)O. The Morgan fingerprint density at radius 1 is 0.949 bits per heavy atom. The maximum atomic E-state index is 14.5. The molecule has 1 aromatic heterocycles. The number of fused-ring (bicyclic) bond motifs is 1. The molecule has 19 atom stereocenters. The molecule has 23 nitrogen and oxygen atoms in total. The van der Waals surface area contributed by atoms with Crippen LogP contribution in [0.2, 0.25) is 0 Å². The topological polar surface area (TPSA) is 296 Å². The first-order valence-electron chi connectivity index (χ1n) is 26.9. The van der Waals surface area contributed by atoms with Crippen molar-refractivity contribution in [1.82, 2.24) is 14.9 Å². The van der Waals surface area contributed by atoms with Gasteiger partial charge in [-0.15, -0.1) is 11.8 Å². The van der Waals surface area contributed by atoms with Gasteiger partial charge in [0.1, 0.15) is 29.0 Å². The number of pyridine rings is 1. The summed E-state index contributed by atoms with van der Waals surface area (Å²) in [6.07, 6.45) is -10.2. The summed E-state index contributed by atoms with van der Waals surface area (Å²) < 4.78 is 51.6. The Balaban J connectivity index is 1.32. The van der Waals surface area contributed by atoms with Crippen molar-refractivity contribution in [2.45, 2.75) is 190 Å². The van der Waals surface area contributed by atoms with Crippen LogP contribution >= 0.6 is 11.8 Å². The number of nitrogens with one attached hydrogen (secondary N) is 1. The molecule has 78 heavy (non-hydrogen) atoms. The number of amides is 1. The Hall–Kier alpha value is -4.05. The van der Waals surface area contributed by atoms with E-state index >= 15 is 0 Å². The van der Waals surface area contributed by atoms with E-state index in [0.717, 1.165) is 4.90 Å². The quantitative estimate of drug-likeness (QED) is 0.0530. The first-order valence-corrected chi connectivity index (χ1v) is 27.8. The number of hydrogen-bond acceptors (Lipinski definition) is 21. The van der Waals surface area contributed by atoms with Crippen molar-refractivity contribution in [3.63, 3.8) is 0 Å². The number of esters is 1. The number of aromatic carboxylic acids is 1. The van der Waals surface area contributed by atoms with Gasteiger partial charge in [-0.1, -0.05) is 32.9 Å². The lowest BCUT2D eigenvalue weighted by Crippen LogP contribution is -2.61. The van der Waals surface area contributed by atoms with Gasteiger partial charge in [-0.2, -0.15) is 4.91 Å². The molecule has 0 radical (unpaired) electrons. The average Bonchev–Trinajstić information content (AvgIpc) is 3.43. The standard InChI is InChI=1S/C54H87N5O18S/c1-16-39-54(10,68)45(62)30(4)41(56-69)28(2)25-52(8,67)46(76-50-43(61)38(57(11)12)23-29(3)72-50)31(5)44(32(6)49(65)74-39)75-40-26-53(9,70-15)47(33(7)73-40)77-51(66)55-19-20-71-21-22-78-34-17-18-37-35(24-34)42(60)36(48(63)64)27-59(37)58(13)14/h17-18,24,27-33,38-41,43-47,50,61-62,67-68H,16,19-23,25-26H2,1-15H3,(H,55,66)(H,63,64)/t28-,29-,30+,31+,32-,33+,38+,39-,40+,41?,43-,44+,45-,46-,47+,50+,52-,53-,54-/m1/s1. The second kappa shape index (κ2) is 27.1. The Morgan fingerprint density at radius 2 is 1.63 bits per heavy atom. The van der Waals surface area contributed by atoms with E-state index in [2.05, 4.69) is 10.5 Å². The number of cyclic esters (lactones) is 1. The molecule has 3 saturated heterocycles. The summed E-state index contributed by atoms with van der Waals surface area (Å²) in [7, 11) is 8.60. The van der Waals surface area contributed by atoms with Gasteiger partial charge >= 0.3 is 18.0 Å². The van der Waals surface area contributed by atoms with Crippen LogP contribution in [-0.2, 0) is 42.7 Å². The number of rotatable bonds is 18. The number of nitroso groups, excluding NO2 is 1. The molecule has 24 heteroatoms. The van der Waals surface area contributed by atoms with E-state index in [1.54, 1.807) is 84.4 Å². The highest BCUT2D eigenvalue weighted by molar-refractivity contribution is 7.99. The number of carboxylic acid groups (broad SMARTS) is 1. The van der Waals surface area contributed by atoms with Crippen molar-refractivity contribution in [1.29, 1.82) is 0 Å². The predicted molar refractivity (Wildman–Crippen MR) is 290 cm³/mol. The molecular weight excluding hydrogens is 1040 g/mol. The van der Waals surface area contributed by atoms with Crippen LogP contribution in [0.1, 0.15) is 105 Å². The molecule has 2 aromatic rings. The third-order valence-corrected chi connectivity index (χ3v) is 16.9. The zero-order chi connectivity index (χ0) is 58.4. The average molecular weight is 1130 g/mol. The number of aromatic nitrogens is 1. The van der Waals surface area contributed by atoms with Crippen molar-refractivity contribution >= 4 is 40.7 Å². The molecule has 0 aliphatic carbocycles. The normalized spacial score (nSPS) is 37.3. The summed E-state index contributed by atoms with van der Waals surface area (Å²) in [6, 6.07) is 3.75. The molecule has 0 spiro atoms. The number of likely N-dealkylation sites (N-methyl/N-ethyl adjacent to an activating group) is 1. The second-order valence-electron chi connectivity index (χ2n) is 22.6. The van der Waals surface area contributed by atoms with Crippen molar-refractivity contribution in [3.8, 4) is 0 Å². The summed E-state index contributed by atoms with van der Waals surface area (Å²) in [6.45, 7) is 16.9. The van der Waals surface area contributed by atoms with Gasteiger partial charge in [0.25, 0.3) is 0 Å². The van der Waals surface area contributed by atoms with Crippen LogP contribution in [0.25, 0.3) is 10.9 Å². The van der Waals surface area contributed by atoms with Gasteiger partial charge < -0.3 is 78.7 Å². The van der Waals surface area contributed by atoms with Crippen molar-refractivity contribution in [3.05, 3.63) is 45.1 Å². The smallest absolute Gasteiger partial charge is 0.407 e. The van der Waals surface area contributed by atoms with Gasteiger partial charge in [-0.3, -0.25) is 14.3 Å². The van der Waals surface area contributed by atoms with E-state index < -0.39 is 125 Å². The van der Waals surface area contributed by atoms with E-state index in [0.29, 0.717) is 24.3 Å². The summed E-state index contributed by atoms with van der Waals surface area (Å²) in [5.74, 6) is -5.42. The van der Waals surface area contributed by atoms with E-state index in [-0.39, 0.29) is 55.5 Å². The molecule has 5 rings (SSSR count). The van der Waals surface area contributed by atoms with Gasteiger partial charge in [0.05, 0.1) is 66.8 Å². The predicted octanol–water partition coefficient (Wildman–Crippen LogP) is 4.11. The third-order valence-electron chi connectivity index (χ3n) is 16.0. The number of methoxy groups -OCH3 is 1. The molecule has 1 amide bonds. The number of aliphatic hydroxyl groups is 4. The van der Waals surface area contributed by atoms with Crippen LogP contribution in [0.5, 0.6) is 0 Å². The Bertz CT molecular complexity index is 2410. The lowest BCUT2D eigenvalue weighted by Gasteiger charge is -2.49. The molecular formula is C54H87N5O18S. The Kier molecular flexibility index (Phi) is 22.5. The number of thioether (sulfide) groups is 1. The molecule has 0 saturated carbocycles. The maximum Gasteiger partial charge on any atom is 0.407 e. The summed E-state index contributed by atoms with van der Waals surface area (Å²) in [4.78, 5) is 67.9. The fourth-order valence-electron chi connectivity index (χ4n) is 11.6. The number of carbonyl (C=O) groups excluding carboxylic acids is 2. The molecule has 6 N–H and O–H groups in total. The number of carboxylic acids is 1. The van der Waals surface area contributed by atoms with Gasteiger partial charge in [0, 0.05) is 74.3 Å². The van der Waals surface area contributed by atoms with E-state index in [1.807, 2.05) is 32.0 Å². The minimum absolute atomic E-state index is 0.0320. The molecule has 0 bridgehead atoms. The monoisotopic (exact) mass is 1130 g/mol. The van der Waals surface area contributed by atoms with Crippen molar-refractivity contribution < 1.29 is 77.8 Å². The minimum Gasteiger partial charge on any atom is -0.477 e. The zero-order valence-electron chi connectivity index (χ0n) is 47.9. The lowest BCUT2D eigenvalue weighted by atomic mass is 9.72. The van der Waals surface area contributed by atoms with Crippen LogP contribution in [0.3, 0.4) is 0 Å². The highest BCUT2D eigenvalue weighted by Crippen LogP contribution is 2.42. The van der Waals surface area contributed by atoms with Crippen LogP contribution in [0.15, 0.2) is 39.3 Å². The molecule has 1 unspecified atom stereocenters. The van der Waals surface area contributed by atoms with Gasteiger partial charge in [-0.25, -0.2) is 9.59 Å². The molecule has 442 valence electrons. The van der Waals surface area contributed by atoms with Crippen LogP contribution < -0.4 is 15.8 Å². The summed E-state index contributed by atoms with van der Waals surface area (Å²) in [5.41, 5.74) is -5.49. The van der Waals surface area contributed by atoms with Gasteiger partial charge in [-0.05, 0) is 99.0 Å². The lowest BCUT2D eigenvalue weighted by molar-refractivity contribution is -0.318. The maximum absolute atomic E-state index is 14.5. The van der Waals surface area contributed by atoms with E-state index in [9.17, 15) is 49.6 Å². The minimum atomic E-state index is -2.04. The highest BCUT2D eigenvalue weighted by Gasteiger charge is 2.55. The number of nitrogens with zero attached hydrogens (tertiary/aromatic N) is 4. The first-order chi connectivity index (χ1) is 36.4. The molecule has 3 fully saturated rings. The van der Waals surface area contributed by atoms with E-state index in [1.165, 1.54) is 38.9 Å². The number of hydrogen-bond donors (Lipinski definition) is 6. The number of carbonyl (C=O) groups is 3. The summed E-state index contributed by atoms with van der Waals surface area (Å²) >= 11 is 1.42. The number of ether oxygens (including phenoxy) is 8. The number of alkyl carbamates (subject to hydrolysis) is 1. The first kappa shape index (κ1) is 64.8. The highest BCUT2D eigenvalue weighted by atomic mass is 32.2. The molecule has 3 aliphatic rings. The third kappa shape index (κ3) is 14.9. The fourth-order valence-corrected chi connectivity index (χ4v) is 12.4. The molecule has 3 aliphatic heterocycles. The second-order valence-corrected chi connectivity index (χ2v) is 23.8. The summed E-state index contributed by atoms with van der Waals surface area (Å²) in [5, 5.41) is 65.7. The Morgan fingerprint density at radius 3 is 2.23 bits per heavy atom. The van der Waals surface area contributed by atoms with Crippen molar-refractivity contribution in [2.75, 3.05) is 65.8 Å². The van der Waals surface area contributed by atoms with Crippen LogP contribution in [-0.4, -0.2) is 204 Å². The van der Waals surface area contributed by atoms with Gasteiger partial charge in [0.15, 0.2) is 18.7 Å². The van der Waals surface area contributed by atoms with Crippen LogP contribution in [0.4, 0.5) is 4.79 Å². The van der Waals surface area contributed by atoms with Crippen LogP contribution in [0, 0.1) is 28.6 Å². The number of benzene rings is 1. The molecule has 1 aromatic carbocycles. The molecule has 4 heterocycles. The van der Waals surface area contributed by atoms with E-state index in [4.69, 9.17) is 37.9 Å². The fraction of sp³-hybridized carbons (Fsp3) is 0.778. The Labute approximate surface area is 461 Å². The largest absolute Gasteiger partial charge is 0.477 e. The number of aliphatic hydroxyl groups excluding tert-OH is 2.